The molecular weight excluding hydrogens is 264 g/mol. The van der Waals surface area contributed by atoms with Crippen molar-refractivity contribution in [1.82, 2.24) is 20.0 Å². The maximum Gasteiger partial charge on any atom is 0.237 e. The van der Waals surface area contributed by atoms with Crippen molar-refractivity contribution in [3.63, 3.8) is 0 Å². The molecule has 1 atom stereocenters. The predicted molar refractivity (Wildman–Crippen MR) is 81.7 cm³/mol. The molecule has 0 spiro atoms. The van der Waals surface area contributed by atoms with Crippen LogP contribution >= 0.6 is 0 Å². The van der Waals surface area contributed by atoms with Crippen molar-refractivity contribution in [3.8, 4) is 0 Å². The Morgan fingerprint density at radius 1 is 1.29 bits per heavy atom. The quantitative estimate of drug-likeness (QED) is 0.920. The molecular formula is C16H26N4O. The number of carbonyl (C=O) groups is 1. The molecule has 5 heteroatoms. The summed E-state index contributed by atoms with van der Waals surface area (Å²) in [6, 6.07) is 2.67. The minimum Gasteiger partial charge on any atom is -0.349 e. The smallest absolute Gasteiger partial charge is 0.237 e. The van der Waals surface area contributed by atoms with E-state index in [-0.39, 0.29) is 11.9 Å². The van der Waals surface area contributed by atoms with Crippen molar-refractivity contribution in [2.45, 2.75) is 63.6 Å². The van der Waals surface area contributed by atoms with Gasteiger partial charge >= 0.3 is 0 Å². The zero-order chi connectivity index (χ0) is 14.7. The molecule has 1 amide bonds. The molecule has 1 unspecified atom stereocenters. The number of carbonyl (C=O) groups excluding carboxylic acids is 1. The van der Waals surface area contributed by atoms with Gasteiger partial charge in [-0.1, -0.05) is 19.3 Å². The fourth-order valence-electron chi connectivity index (χ4n) is 3.78. The summed E-state index contributed by atoms with van der Waals surface area (Å²) in [5.41, 5.74) is 1.05. The molecule has 3 rings (SSSR count). The summed E-state index contributed by atoms with van der Waals surface area (Å²) in [5.74, 6) is 0.197. The summed E-state index contributed by atoms with van der Waals surface area (Å²) in [7, 11) is 1.91. The summed E-state index contributed by atoms with van der Waals surface area (Å²) in [4.78, 5) is 15.1. The van der Waals surface area contributed by atoms with Crippen LogP contribution in [-0.2, 0) is 18.4 Å². The van der Waals surface area contributed by atoms with Gasteiger partial charge < -0.3 is 5.32 Å². The number of hydrogen-bond acceptors (Lipinski definition) is 3. The van der Waals surface area contributed by atoms with Gasteiger partial charge in [0.25, 0.3) is 0 Å². The van der Waals surface area contributed by atoms with Crippen LogP contribution in [0.3, 0.4) is 0 Å². The molecule has 0 radical (unpaired) electrons. The number of hydrogen-bond donors (Lipinski definition) is 1. The first-order chi connectivity index (χ1) is 10.3. The Bertz CT molecular complexity index is 478. The average Bonchev–Trinajstić information content (AvgIpc) is 3.16. The summed E-state index contributed by atoms with van der Waals surface area (Å²) < 4.78 is 1.82. The van der Waals surface area contributed by atoms with E-state index in [9.17, 15) is 4.79 Å². The molecule has 1 N–H and O–H groups in total. The van der Waals surface area contributed by atoms with E-state index >= 15 is 0 Å². The Labute approximate surface area is 126 Å². The average molecular weight is 290 g/mol. The van der Waals surface area contributed by atoms with Gasteiger partial charge in [-0.2, -0.15) is 5.10 Å². The van der Waals surface area contributed by atoms with Crippen molar-refractivity contribution >= 4 is 5.91 Å². The zero-order valence-corrected chi connectivity index (χ0v) is 12.9. The Morgan fingerprint density at radius 2 is 2.05 bits per heavy atom. The normalized spacial score (nSPS) is 24.3. The standard InChI is InChI=1S/C16H26N4O/c1-19-14(9-10-18-19)12-17-16(21)15-8-4-5-11-20(15)13-6-2-3-7-13/h9-10,13,15H,2-8,11-12H2,1H3,(H,17,21). The van der Waals surface area contributed by atoms with Gasteiger partial charge in [-0.25, -0.2) is 0 Å². The van der Waals surface area contributed by atoms with E-state index in [1.54, 1.807) is 6.20 Å². The summed E-state index contributed by atoms with van der Waals surface area (Å²) in [6.07, 6.45) is 10.4. The molecule has 1 saturated heterocycles. The number of aryl methyl sites for hydroxylation is 1. The molecule has 0 aromatic carbocycles. The van der Waals surface area contributed by atoms with Crippen LogP contribution in [0.25, 0.3) is 0 Å². The van der Waals surface area contributed by atoms with Crippen molar-refractivity contribution in [2.75, 3.05) is 6.54 Å². The molecule has 2 heterocycles. The maximum atomic E-state index is 12.6. The Hall–Kier alpha value is -1.36. The van der Waals surface area contributed by atoms with Crippen molar-refractivity contribution in [3.05, 3.63) is 18.0 Å². The van der Waals surface area contributed by atoms with Crippen LogP contribution in [0, 0.1) is 0 Å². The van der Waals surface area contributed by atoms with Crippen molar-refractivity contribution < 1.29 is 4.79 Å². The first kappa shape index (κ1) is 14.6. The van der Waals surface area contributed by atoms with Gasteiger partial charge in [0.2, 0.25) is 5.91 Å². The molecule has 0 bridgehead atoms. The van der Waals surface area contributed by atoms with Crippen LogP contribution in [0.1, 0.15) is 50.6 Å². The van der Waals surface area contributed by atoms with Gasteiger partial charge in [-0.3, -0.25) is 14.4 Å². The van der Waals surface area contributed by atoms with E-state index in [4.69, 9.17) is 0 Å². The summed E-state index contributed by atoms with van der Waals surface area (Å²) >= 11 is 0. The molecule has 21 heavy (non-hydrogen) atoms. The summed E-state index contributed by atoms with van der Waals surface area (Å²) in [6.45, 7) is 1.67. The second kappa shape index (κ2) is 6.60. The molecule has 1 aliphatic heterocycles. The lowest BCUT2D eigenvalue weighted by atomic mass is 9.98. The third-order valence-corrected chi connectivity index (χ3v) is 5.01. The largest absolute Gasteiger partial charge is 0.349 e. The van der Waals surface area contributed by atoms with Crippen molar-refractivity contribution in [2.24, 2.45) is 7.05 Å². The second-order valence-corrected chi connectivity index (χ2v) is 6.35. The van der Waals surface area contributed by atoms with E-state index in [2.05, 4.69) is 15.3 Å². The molecule has 5 nitrogen and oxygen atoms in total. The minimum atomic E-state index is 0.0788. The Kier molecular flexibility index (Phi) is 4.58. The molecule has 1 aromatic rings. The number of nitrogens with zero attached hydrogens (tertiary/aromatic N) is 3. The van der Waals surface area contributed by atoms with E-state index in [1.807, 2.05) is 17.8 Å². The van der Waals surface area contributed by atoms with E-state index in [0.29, 0.717) is 12.6 Å². The van der Waals surface area contributed by atoms with Gasteiger partial charge in [0, 0.05) is 19.3 Å². The first-order valence-electron chi connectivity index (χ1n) is 8.26. The van der Waals surface area contributed by atoms with Gasteiger partial charge in [0.1, 0.15) is 0 Å². The molecule has 2 aliphatic rings. The molecule has 2 fully saturated rings. The second-order valence-electron chi connectivity index (χ2n) is 6.35. The minimum absolute atomic E-state index is 0.0788. The highest BCUT2D eigenvalue weighted by Gasteiger charge is 2.34. The van der Waals surface area contributed by atoms with Gasteiger partial charge in [-0.05, 0) is 38.3 Å². The van der Waals surface area contributed by atoms with Gasteiger partial charge in [0.05, 0.1) is 18.3 Å². The van der Waals surface area contributed by atoms with E-state index in [1.165, 1.54) is 38.5 Å². The molecule has 116 valence electrons. The lowest BCUT2D eigenvalue weighted by Crippen LogP contribution is -2.52. The van der Waals surface area contributed by atoms with Gasteiger partial charge in [0.15, 0.2) is 0 Å². The maximum absolute atomic E-state index is 12.6. The highest BCUT2D eigenvalue weighted by Crippen LogP contribution is 2.29. The predicted octanol–water partition coefficient (Wildman–Crippen LogP) is 1.83. The lowest BCUT2D eigenvalue weighted by Gasteiger charge is -2.38. The Balaban J connectivity index is 1.59. The SMILES string of the molecule is Cn1nccc1CNC(=O)C1CCCCN1C1CCCC1. The molecule has 1 aromatic heterocycles. The molecule has 1 saturated carbocycles. The zero-order valence-electron chi connectivity index (χ0n) is 12.9. The van der Waals surface area contributed by atoms with Crippen molar-refractivity contribution in [1.29, 1.82) is 0 Å². The number of nitrogens with one attached hydrogen (secondary N) is 1. The van der Waals surface area contributed by atoms with Crippen LogP contribution in [0.15, 0.2) is 12.3 Å². The fraction of sp³-hybridized carbons (Fsp3) is 0.750. The van der Waals surface area contributed by atoms with Gasteiger partial charge in [-0.15, -0.1) is 0 Å². The lowest BCUT2D eigenvalue weighted by molar-refractivity contribution is -0.129. The highest BCUT2D eigenvalue weighted by molar-refractivity contribution is 5.81. The number of likely N-dealkylation sites (tertiary alicyclic amines) is 1. The third kappa shape index (κ3) is 3.28. The highest BCUT2D eigenvalue weighted by atomic mass is 16.2. The number of rotatable bonds is 4. The van der Waals surface area contributed by atoms with Crippen LogP contribution in [0.4, 0.5) is 0 Å². The van der Waals surface area contributed by atoms with E-state index < -0.39 is 0 Å². The third-order valence-electron chi connectivity index (χ3n) is 5.01. The van der Waals surface area contributed by atoms with Crippen LogP contribution < -0.4 is 5.32 Å². The number of aromatic nitrogens is 2. The monoisotopic (exact) mass is 290 g/mol. The van der Waals surface area contributed by atoms with Crippen LogP contribution in [-0.4, -0.2) is 39.2 Å². The molecule has 1 aliphatic carbocycles. The van der Waals surface area contributed by atoms with Crippen LogP contribution in [0.2, 0.25) is 0 Å². The topological polar surface area (TPSA) is 50.2 Å². The first-order valence-corrected chi connectivity index (χ1v) is 8.26. The number of piperidine rings is 1. The fourth-order valence-corrected chi connectivity index (χ4v) is 3.78. The Morgan fingerprint density at radius 3 is 2.76 bits per heavy atom. The van der Waals surface area contributed by atoms with E-state index in [0.717, 1.165) is 18.7 Å². The summed E-state index contributed by atoms with van der Waals surface area (Å²) in [5, 5.41) is 7.25. The number of amides is 1. The van der Waals surface area contributed by atoms with Crippen LogP contribution in [0.5, 0.6) is 0 Å².